The van der Waals surface area contributed by atoms with Gasteiger partial charge in [0.1, 0.15) is 11.2 Å². The molecule has 0 aliphatic rings. The maximum absolute atomic E-state index is 5.73. The van der Waals surface area contributed by atoms with Crippen molar-refractivity contribution in [2.24, 2.45) is 0 Å². The molecule has 3 aromatic rings. The molecule has 0 aliphatic carbocycles. The minimum Gasteiger partial charge on any atom is -0.456 e. The van der Waals surface area contributed by atoms with Gasteiger partial charge in [-0.3, -0.25) is 0 Å². The highest BCUT2D eigenvalue weighted by Gasteiger charge is 2.06. The van der Waals surface area contributed by atoms with Gasteiger partial charge in [0.25, 0.3) is 0 Å². The molecule has 0 spiro atoms. The van der Waals surface area contributed by atoms with Gasteiger partial charge in [-0.05, 0) is 24.6 Å². The van der Waals surface area contributed by atoms with E-state index < -0.39 is 0 Å². The molecular formula is C17H22O. The first-order valence-corrected chi connectivity index (χ1v) is 6.73. The van der Waals surface area contributed by atoms with Crippen LogP contribution in [0, 0.1) is 6.92 Å². The van der Waals surface area contributed by atoms with E-state index in [9.17, 15) is 0 Å². The highest BCUT2D eigenvalue weighted by molar-refractivity contribution is 6.06. The molecule has 0 fully saturated rings. The van der Waals surface area contributed by atoms with E-state index in [4.69, 9.17) is 4.42 Å². The summed E-state index contributed by atoms with van der Waals surface area (Å²) in [4.78, 5) is 0. The molecule has 18 heavy (non-hydrogen) atoms. The summed E-state index contributed by atoms with van der Waals surface area (Å²) in [6, 6.07) is 14.3. The van der Waals surface area contributed by atoms with E-state index >= 15 is 0 Å². The molecule has 0 amide bonds. The van der Waals surface area contributed by atoms with Crippen LogP contribution in [0.4, 0.5) is 0 Å². The van der Waals surface area contributed by atoms with Crippen molar-refractivity contribution < 1.29 is 4.42 Å². The molecule has 0 aliphatic heterocycles. The van der Waals surface area contributed by atoms with E-state index in [0.717, 1.165) is 11.2 Å². The second-order valence-electron chi connectivity index (χ2n) is 3.55. The summed E-state index contributed by atoms with van der Waals surface area (Å²) >= 11 is 0. The largest absolute Gasteiger partial charge is 0.456 e. The lowest BCUT2D eigenvalue weighted by Gasteiger charge is -1.93. The van der Waals surface area contributed by atoms with Crippen LogP contribution >= 0.6 is 0 Å². The van der Waals surface area contributed by atoms with E-state index in [1.807, 2.05) is 58.0 Å². The van der Waals surface area contributed by atoms with E-state index in [1.165, 1.54) is 16.3 Å². The molecule has 1 aromatic heterocycles. The molecule has 0 bridgehead atoms. The number of rotatable bonds is 0. The minimum atomic E-state index is 0.969. The summed E-state index contributed by atoms with van der Waals surface area (Å²) < 4.78 is 5.73. The Balaban J connectivity index is 0.000000371. The second kappa shape index (κ2) is 6.85. The first-order chi connectivity index (χ1) is 8.86. The number of benzene rings is 2. The summed E-state index contributed by atoms with van der Waals surface area (Å²) in [5.41, 5.74) is 3.22. The maximum atomic E-state index is 5.73. The fourth-order valence-corrected chi connectivity index (χ4v) is 1.95. The average Bonchev–Trinajstić information content (AvgIpc) is 2.83. The summed E-state index contributed by atoms with van der Waals surface area (Å²) in [6.07, 6.45) is 0. The van der Waals surface area contributed by atoms with Gasteiger partial charge in [-0.25, -0.2) is 0 Å². The Kier molecular flexibility index (Phi) is 5.44. The van der Waals surface area contributed by atoms with Crippen LogP contribution in [0.25, 0.3) is 21.9 Å². The lowest BCUT2D eigenvalue weighted by atomic mass is 10.1. The summed E-state index contributed by atoms with van der Waals surface area (Å²) in [7, 11) is 0. The topological polar surface area (TPSA) is 13.1 Å². The number of furan rings is 1. The third-order valence-electron chi connectivity index (χ3n) is 2.61. The van der Waals surface area contributed by atoms with Gasteiger partial charge >= 0.3 is 0 Å². The maximum Gasteiger partial charge on any atom is 0.135 e. The monoisotopic (exact) mass is 242 g/mol. The zero-order valence-electron chi connectivity index (χ0n) is 11.9. The van der Waals surface area contributed by atoms with Crippen LogP contribution in [-0.4, -0.2) is 0 Å². The van der Waals surface area contributed by atoms with Crippen LogP contribution in [-0.2, 0) is 0 Å². The van der Waals surface area contributed by atoms with Crippen molar-refractivity contribution in [1.82, 2.24) is 0 Å². The Morgan fingerprint density at radius 1 is 0.722 bits per heavy atom. The van der Waals surface area contributed by atoms with Gasteiger partial charge in [0.15, 0.2) is 0 Å². The lowest BCUT2D eigenvalue weighted by Crippen LogP contribution is -1.72. The Hall–Kier alpha value is -1.76. The predicted molar refractivity (Wildman–Crippen MR) is 81.2 cm³/mol. The Labute approximate surface area is 109 Å². The van der Waals surface area contributed by atoms with Gasteiger partial charge < -0.3 is 4.42 Å². The Morgan fingerprint density at radius 3 is 2.06 bits per heavy atom. The summed E-state index contributed by atoms with van der Waals surface area (Å²) in [5.74, 6) is 0. The van der Waals surface area contributed by atoms with Gasteiger partial charge in [-0.15, -0.1) is 0 Å². The third-order valence-corrected chi connectivity index (χ3v) is 2.61. The molecule has 1 heterocycles. The van der Waals surface area contributed by atoms with Crippen molar-refractivity contribution in [1.29, 1.82) is 0 Å². The molecule has 2 aromatic carbocycles. The van der Waals surface area contributed by atoms with Gasteiger partial charge in [0.2, 0.25) is 0 Å². The molecule has 96 valence electrons. The first-order valence-electron chi connectivity index (χ1n) is 6.73. The molecule has 0 N–H and O–H groups in total. The highest BCUT2D eigenvalue weighted by Crippen LogP contribution is 2.30. The van der Waals surface area contributed by atoms with Gasteiger partial charge in [-0.1, -0.05) is 58.0 Å². The van der Waals surface area contributed by atoms with Crippen LogP contribution < -0.4 is 0 Å². The summed E-state index contributed by atoms with van der Waals surface area (Å²) in [6.45, 7) is 10.1. The smallest absolute Gasteiger partial charge is 0.135 e. The molecule has 0 saturated carbocycles. The number of aryl methyl sites for hydroxylation is 1. The van der Waals surface area contributed by atoms with Crippen LogP contribution in [0.1, 0.15) is 33.3 Å². The molecule has 1 nitrogen and oxygen atoms in total. The fourth-order valence-electron chi connectivity index (χ4n) is 1.95. The minimum absolute atomic E-state index is 0.969. The zero-order chi connectivity index (χ0) is 13.5. The number of hydrogen-bond acceptors (Lipinski definition) is 1. The third kappa shape index (κ3) is 2.56. The molecule has 0 saturated heterocycles. The van der Waals surface area contributed by atoms with Crippen molar-refractivity contribution in [2.75, 3.05) is 0 Å². The number of hydrogen-bond donors (Lipinski definition) is 0. The van der Waals surface area contributed by atoms with Crippen LogP contribution in [0.3, 0.4) is 0 Å². The average molecular weight is 242 g/mol. The zero-order valence-corrected chi connectivity index (χ0v) is 11.9. The lowest BCUT2D eigenvalue weighted by molar-refractivity contribution is 0.669. The van der Waals surface area contributed by atoms with Gasteiger partial charge in [0.05, 0.1) is 0 Å². The fraction of sp³-hybridized carbons (Fsp3) is 0.294. The number of para-hydroxylation sites is 1. The van der Waals surface area contributed by atoms with Crippen molar-refractivity contribution >= 4 is 21.9 Å². The summed E-state index contributed by atoms with van der Waals surface area (Å²) in [5, 5.41) is 2.45. The van der Waals surface area contributed by atoms with Gasteiger partial charge in [-0.2, -0.15) is 0 Å². The Bertz CT molecular complexity index is 605. The highest BCUT2D eigenvalue weighted by atomic mass is 16.3. The van der Waals surface area contributed by atoms with Crippen molar-refractivity contribution in [3.63, 3.8) is 0 Å². The second-order valence-corrected chi connectivity index (χ2v) is 3.55. The molecule has 3 rings (SSSR count). The van der Waals surface area contributed by atoms with Crippen LogP contribution in [0.15, 0.2) is 46.9 Å². The standard InChI is InChI=1S/C13H10O.2C2H6/c1-9-5-4-8-12-13(9)10-6-2-3-7-11(10)14-12;2*1-2/h2-8H,1H3;2*1-2H3. The van der Waals surface area contributed by atoms with E-state index in [2.05, 4.69) is 19.1 Å². The quantitative estimate of drug-likeness (QED) is 0.475. The van der Waals surface area contributed by atoms with Crippen LogP contribution in [0.2, 0.25) is 0 Å². The molecule has 0 unspecified atom stereocenters. The Morgan fingerprint density at radius 2 is 1.33 bits per heavy atom. The molecule has 0 atom stereocenters. The number of fused-ring (bicyclic) bond motifs is 3. The van der Waals surface area contributed by atoms with E-state index in [-0.39, 0.29) is 0 Å². The molecule has 0 radical (unpaired) electrons. The SMILES string of the molecule is CC.CC.Cc1cccc2oc3ccccc3c12. The first kappa shape index (κ1) is 14.3. The molecular weight excluding hydrogens is 220 g/mol. The molecule has 1 heteroatoms. The van der Waals surface area contributed by atoms with E-state index in [1.54, 1.807) is 0 Å². The van der Waals surface area contributed by atoms with E-state index in [0.29, 0.717) is 0 Å². The van der Waals surface area contributed by atoms with Crippen molar-refractivity contribution in [3.05, 3.63) is 48.0 Å². The normalized spacial score (nSPS) is 9.39. The van der Waals surface area contributed by atoms with Crippen molar-refractivity contribution in [2.45, 2.75) is 34.6 Å². The van der Waals surface area contributed by atoms with Gasteiger partial charge in [0, 0.05) is 10.8 Å². The van der Waals surface area contributed by atoms with Crippen LogP contribution in [0.5, 0.6) is 0 Å². The van der Waals surface area contributed by atoms with Crippen molar-refractivity contribution in [3.8, 4) is 0 Å². The predicted octanol–water partition coefficient (Wildman–Crippen LogP) is 5.95.